The molecule has 196 valence electrons. The molecule has 0 rings (SSSR count). The maximum absolute atomic E-state index is 12.9. The topological polar surface area (TPSA) is 220 Å². The van der Waals surface area contributed by atoms with E-state index in [9.17, 15) is 29.1 Å². The SMILES string of the molecule is CCC(C)C(NC(=O)C(CCCCN)NC(=O)C(CC(N)=O)NC(=O)C(N)CC(C)C)C(=O)O. The van der Waals surface area contributed by atoms with Crippen LogP contribution in [0, 0.1) is 11.8 Å². The highest BCUT2D eigenvalue weighted by molar-refractivity contribution is 5.96. The van der Waals surface area contributed by atoms with Crippen molar-refractivity contribution in [3.63, 3.8) is 0 Å². The summed E-state index contributed by atoms with van der Waals surface area (Å²) in [6.45, 7) is 7.64. The van der Waals surface area contributed by atoms with E-state index in [0.717, 1.165) is 0 Å². The maximum atomic E-state index is 12.9. The molecule has 5 atom stereocenters. The van der Waals surface area contributed by atoms with Crippen molar-refractivity contribution in [3.05, 3.63) is 0 Å². The first kappa shape index (κ1) is 31.3. The third kappa shape index (κ3) is 11.9. The zero-order valence-electron chi connectivity index (χ0n) is 20.6. The Morgan fingerprint density at radius 2 is 1.44 bits per heavy atom. The molecule has 0 radical (unpaired) electrons. The molecule has 0 spiro atoms. The van der Waals surface area contributed by atoms with E-state index in [1.807, 2.05) is 13.8 Å². The number of aliphatic carboxylic acids is 1. The van der Waals surface area contributed by atoms with E-state index in [4.69, 9.17) is 17.2 Å². The van der Waals surface area contributed by atoms with Crippen LogP contribution in [0.5, 0.6) is 0 Å². The third-order valence-corrected chi connectivity index (χ3v) is 5.46. The number of carbonyl (C=O) groups excluding carboxylic acids is 4. The van der Waals surface area contributed by atoms with Gasteiger partial charge in [0.15, 0.2) is 0 Å². The monoisotopic (exact) mass is 486 g/mol. The molecule has 12 heteroatoms. The van der Waals surface area contributed by atoms with Crippen LogP contribution in [-0.4, -0.2) is 65.4 Å². The summed E-state index contributed by atoms with van der Waals surface area (Å²) < 4.78 is 0. The van der Waals surface area contributed by atoms with Crippen molar-refractivity contribution >= 4 is 29.6 Å². The number of carboxylic acid groups (broad SMARTS) is 1. The Kier molecular flexibility index (Phi) is 14.7. The number of nitrogens with one attached hydrogen (secondary N) is 3. The van der Waals surface area contributed by atoms with E-state index in [1.54, 1.807) is 13.8 Å². The molecular weight excluding hydrogens is 444 g/mol. The number of nitrogens with two attached hydrogens (primary N) is 3. The van der Waals surface area contributed by atoms with E-state index in [2.05, 4.69) is 16.0 Å². The summed E-state index contributed by atoms with van der Waals surface area (Å²) in [6.07, 6.45) is 1.65. The first-order chi connectivity index (χ1) is 15.8. The Hall–Kier alpha value is -2.73. The van der Waals surface area contributed by atoms with Gasteiger partial charge in [0, 0.05) is 0 Å². The second-order valence-corrected chi connectivity index (χ2v) is 9.02. The number of carboxylic acids is 1. The van der Waals surface area contributed by atoms with E-state index < -0.39 is 60.2 Å². The average Bonchev–Trinajstić information content (AvgIpc) is 2.74. The fraction of sp³-hybridized carbons (Fsp3) is 0.773. The van der Waals surface area contributed by atoms with E-state index in [0.29, 0.717) is 32.2 Å². The minimum absolute atomic E-state index is 0.132. The van der Waals surface area contributed by atoms with Gasteiger partial charge in [-0.05, 0) is 44.1 Å². The first-order valence-electron chi connectivity index (χ1n) is 11.7. The van der Waals surface area contributed by atoms with E-state index in [1.165, 1.54) is 0 Å². The molecule has 0 aromatic rings. The minimum atomic E-state index is -1.34. The minimum Gasteiger partial charge on any atom is -0.480 e. The number of carbonyl (C=O) groups is 5. The molecule has 12 nitrogen and oxygen atoms in total. The van der Waals surface area contributed by atoms with Crippen LogP contribution in [-0.2, 0) is 24.0 Å². The van der Waals surface area contributed by atoms with Gasteiger partial charge in [0.1, 0.15) is 18.1 Å². The second-order valence-electron chi connectivity index (χ2n) is 9.02. The zero-order valence-corrected chi connectivity index (χ0v) is 20.6. The van der Waals surface area contributed by atoms with Gasteiger partial charge < -0.3 is 38.3 Å². The molecule has 34 heavy (non-hydrogen) atoms. The largest absolute Gasteiger partial charge is 0.480 e. The molecule has 0 aliphatic carbocycles. The van der Waals surface area contributed by atoms with E-state index in [-0.39, 0.29) is 18.3 Å². The van der Waals surface area contributed by atoms with Gasteiger partial charge in [-0.25, -0.2) is 4.79 Å². The summed E-state index contributed by atoms with van der Waals surface area (Å²) in [5.74, 6) is -4.33. The summed E-state index contributed by atoms with van der Waals surface area (Å²) in [4.78, 5) is 61.3. The number of hydrogen-bond donors (Lipinski definition) is 7. The highest BCUT2D eigenvalue weighted by atomic mass is 16.4. The summed E-state index contributed by atoms with van der Waals surface area (Å²) in [6, 6.07) is -4.46. The van der Waals surface area contributed by atoms with Gasteiger partial charge in [-0.3, -0.25) is 19.2 Å². The molecule has 0 saturated heterocycles. The van der Waals surface area contributed by atoms with Crippen molar-refractivity contribution in [2.24, 2.45) is 29.0 Å². The lowest BCUT2D eigenvalue weighted by atomic mass is 9.98. The predicted octanol–water partition coefficient (Wildman–Crippen LogP) is -1.05. The van der Waals surface area contributed by atoms with Crippen molar-refractivity contribution in [2.75, 3.05) is 6.54 Å². The van der Waals surface area contributed by atoms with Gasteiger partial charge in [-0.1, -0.05) is 34.1 Å². The van der Waals surface area contributed by atoms with Gasteiger partial charge in [0.05, 0.1) is 12.5 Å². The zero-order chi connectivity index (χ0) is 26.4. The average molecular weight is 487 g/mol. The van der Waals surface area contributed by atoms with Crippen molar-refractivity contribution in [2.45, 2.75) is 90.4 Å². The van der Waals surface area contributed by atoms with Crippen LogP contribution in [0.2, 0.25) is 0 Å². The Balaban J connectivity index is 5.57. The molecule has 0 aliphatic rings. The summed E-state index contributed by atoms with van der Waals surface area (Å²) in [7, 11) is 0. The van der Waals surface area contributed by atoms with Crippen molar-refractivity contribution in [1.82, 2.24) is 16.0 Å². The standard InChI is InChI=1S/C22H42N6O6/c1-5-13(4)18(22(33)34)28-20(31)15(8-6-7-9-23)26-21(32)16(11-17(25)29)27-19(30)14(24)10-12(2)3/h12-16,18H,5-11,23-24H2,1-4H3,(H2,25,29)(H,26,32)(H,27,30)(H,28,31)(H,33,34). The highest BCUT2D eigenvalue weighted by Crippen LogP contribution is 2.10. The molecular formula is C22H42N6O6. The molecule has 0 fully saturated rings. The van der Waals surface area contributed by atoms with Crippen LogP contribution >= 0.6 is 0 Å². The van der Waals surface area contributed by atoms with Gasteiger partial charge >= 0.3 is 5.97 Å². The molecule has 0 aliphatic heterocycles. The lowest BCUT2D eigenvalue weighted by Gasteiger charge is -2.26. The van der Waals surface area contributed by atoms with Gasteiger partial charge in [-0.2, -0.15) is 0 Å². The van der Waals surface area contributed by atoms with Crippen LogP contribution < -0.4 is 33.2 Å². The van der Waals surface area contributed by atoms with E-state index >= 15 is 0 Å². The summed E-state index contributed by atoms with van der Waals surface area (Å²) >= 11 is 0. The Bertz CT molecular complexity index is 701. The van der Waals surface area contributed by atoms with Crippen LogP contribution in [0.25, 0.3) is 0 Å². The molecule has 5 unspecified atom stereocenters. The smallest absolute Gasteiger partial charge is 0.326 e. The molecule has 0 aromatic carbocycles. The number of rotatable bonds is 17. The molecule has 0 saturated carbocycles. The number of primary amides is 1. The fourth-order valence-corrected chi connectivity index (χ4v) is 3.27. The summed E-state index contributed by atoms with van der Waals surface area (Å²) in [5.41, 5.74) is 16.6. The van der Waals surface area contributed by atoms with Crippen LogP contribution in [0.1, 0.15) is 66.2 Å². The number of hydrogen-bond acceptors (Lipinski definition) is 7. The van der Waals surface area contributed by atoms with Crippen molar-refractivity contribution < 1.29 is 29.1 Å². The Morgan fingerprint density at radius 1 is 0.882 bits per heavy atom. The molecule has 10 N–H and O–H groups in total. The lowest BCUT2D eigenvalue weighted by Crippen LogP contribution is -2.58. The second kappa shape index (κ2) is 16.0. The third-order valence-electron chi connectivity index (χ3n) is 5.46. The quantitative estimate of drug-likeness (QED) is 0.125. The molecule has 0 bridgehead atoms. The number of amides is 4. The molecule has 0 aromatic heterocycles. The van der Waals surface area contributed by atoms with Crippen LogP contribution in [0.15, 0.2) is 0 Å². The Labute approximate surface area is 201 Å². The normalized spacial score (nSPS) is 15.5. The number of unbranched alkanes of at least 4 members (excludes halogenated alkanes) is 1. The lowest BCUT2D eigenvalue weighted by molar-refractivity contribution is -0.144. The van der Waals surface area contributed by atoms with Crippen LogP contribution in [0.4, 0.5) is 0 Å². The highest BCUT2D eigenvalue weighted by Gasteiger charge is 2.32. The fourth-order valence-electron chi connectivity index (χ4n) is 3.27. The van der Waals surface area contributed by atoms with Crippen molar-refractivity contribution in [1.29, 1.82) is 0 Å². The van der Waals surface area contributed by atoms with Gasteiger partial charge in [0.2, 0.25) is 23.6 Å². The first-order valence-corrected chi connectivity index (χ1v) is 11.7. The van der Waals surface area contributed by atoms with Crippen LogP contribution in [0.3, 0.4) is 0 Å². The molecule has 0 heterocycles. The van der Waals surface area contributed by atoms with Gasteiger partial charge in [0.25, 0.3) is 0 Å². The van der Waals surface area contributed by atoms with Gasteiger partial charge in [-0.15, -0.1) is 0 Å². The predicted molar refractivity (Wildman–Crippen MR) is 127 cm³/mol. The summed E-state index contributed by atoms with van der Waals surface area (Å²) in [5, 5.41) is 16.9. The Morgan fingerprint density at radius 3 is 1.91 bits per heavy atom. The van der Waals surface area contributed by atoms with Crippen molar-refractivity contribution in [3.8, 4) is 0 Å². The molecule has 4 amide bonds. The maximum Gasteiger partial charge on any atom is 0.326 e.